The number of benzene rings is 7. The highest BCUT2D eigenvalue weighted by atomic mass is 32.1. The zero-order valence-electron chi connectivity index (χ0n) is 35.2. The lowest BCUT2D eigenvalue weighted by Gasteiger charge is -2.33. The third-order valence-electron chi connectivity index (χ3n) is 10.2. The first-order valence-electron chi connectivity index (χ1n) is 20.4. The maximum absolute atomic E-state index is 5.83. The SMILES string of the molecule is C/C=C\C.COC1=CC=C(N(c2ccccc2)c2cccc3sc4ccc(C)cc4c23)CC1c1ccccc1.Cc1ccc(-c2ccccc2)cc1.Cc1ccccc1. The van der Waals surface area contributed by atoms with Crippen LogP contribution < -0.4 is 4.90 Å². The van der Waals surface area contributed by atoms with E-state index >= 15 is 0 Å². The summed E-state index contributed by atoms with van der Waals surface area (Å²) >= 11 is 1.87. The third kappa shape index (κ3) is 11.2. The van der Waals surface area contributed by atoms with E-state index in [9.17, 15) is 0 Å². The van der Waals surface area contributed by atoms with Gasteiger partial charge in [0.15, 0.2) is 0 Å². The molecule has 296 valence electrons. The molecule has 0 bridgehead atoms. The predicted molar refractivity (Wildman–Crippen MR) is 258 cm³/mol. The van der Waals surface area contributed by atoms with Crippen molar-refractivity contribution in [2.45, 2.75) is 47.0 Å². The number of ether oxygens (including phenoxy) is 1. The van der Waals surface area contributed by atoms with E-state index in [1.807, 2.05) is 61.6 Å². The molecule has 0 radical (unpaired) electrons. The van der Waals surface area contributed by atoms with Gasteiger partial charge in [-0.1, -0.05) is 174 Å². The van der Waals surface area contributed by atoms with Crippen molar-refractivity contribution in [1.29, 1.82) is 0 Å². The zero-order valence-corrected chi connectivity index (χ0v) is 36.0. The first-order valence-corrected chi connectivity index (χ1v) is 21.2. The smallest absolute Gasteiger partial charge is 0.103 e. The standard InChI is InChI=1S/C32H27NOS.C13H12.C7H8.C4H8/c1-22-16-19-30-27(20-22)32-28(14-9-15-31(32)35-30)33(24-12-7-4-8-13-24)25-17-18-29(34-2)26(21-25)23-10-5-3-6-11-23;1-11-7-9-13(10-8-11)12-5-3-2-4-6-12;1-7-5-3-2-4-6-7;1-3-4-2/h3-20,26H,21H2,1-2H3;2-10H,1H3;2-6H,1H3;3-4H,1-2H3/b;;;4-3-. The summed E-state index contributed by atoms with van der Waals surface area (Å²) in [6, 6.07) is 64.2. The van der Waals surface area contributed by atoms with Crippen LogP contribution in [0, 0.1) is 20.8 Å². The van der Waals surface area contributed by atoms with Crippen LogP contribution in [0.4, 0.5) is 11.4 Å². The molecule has 9 rings (SSSR count). The van der Waals surface area contributed by atoms with Crippen LogP contribution in [0.1, 0.15) is 48.4 Å². The molecule has 0 amide bonds. The predicted octanol–water partition coefficient (Wildman–Crippen LogP) is 16.3. The highest BCUT2D eigenvalue weighted by Crippen LogP contribution is 2.46. The van der Waals surface area contributed by atoms with Crippen LogP contribution in [-0.4, -0.2) is 7.11 Å². The van der Waals surface area contributed by atoms with Gasteiger partial charge in [-0.25, -0.2) is 0 Å². The van der Waals surface area contributed by atoms with Crippen LogP contribution in [0.2, 0.25) is 0 Å². The highest BCUT2D eigenvalue weighted by molar-refractivity contribution is 7.26. The Bertz CT molecular complexity index is 2580. The quantitative estimate of drug-likeness (QED) is 0.156. The summed E-state index contributed by atoms with van der Waals surface area (Å²) in [5.74, 6) is 1.18. The van der Waals surface area contributed by atoms with Crippen molar-refractivity contribution in [2.24, 2.45) is 0 Å². The van der Waals surface area contributed by atoms with Crippen molar-refractivity contribution in [3.8, 4) is 11.1 Å². The number of anilines is 2. The summed E-state index contributed by atoms with van der Waals surface area (Å²) in [6.45, 7) is 10.4. The summed E-state index contributed by atoms with van der Waals surface area (Å²) in [7, 11) is 1.77. The number of hydrogen-bond donors (Lipinski definition) is 0. The molecule has 1 unspecified atom stereocenters. The molecule has 1 aliphatic carbocycles. The molecule has 2 nitrogen and oxygen atoms in total. The molecule has 0 N–H and O–H groups in total. The largest absolute Gasteiger partial charge is 0.500 e. The van der Waals surface area contributed by atoms with Gasteiger partial charge in [-0.05, 0) is 99.9 Å². The van der Waals surface area contributed by atoms with E-state index < -0.39 is 0 Å². The summed E-state index contributed by atoms with van der Waals surface area (Å²) < 4.78 is 8.47. The molecule has 0 fully saturated rings. The van der Waals surface area contributed by atoms with E-state index in [1.165, 1.54) is 70.6 Å². The van der Waals surface area contributed by atoms with E-state index in [0.717, 1.165) is 12.2 Å². The number of thiophene rings is 1. The second-order valence-corrected chi connectivity index (χ2v) is 15.7. The fraction of sp³-hybridized carbons (Fsp3) is 0.143. The molecular weight excluding hydrogens is 735 g/mol. The summed E-state index contributed by atoms with van der Waals surface area (Å²) in [6.07, 6.45) is 9.22. The minimum atomic E-state index is 0.174. The Morgan fingerprint density at radius 2 is 1.10 bits per heavy atom. The monoisotopic (exact) mass is 789 g/mol. The number of allylic oxidation sites excluding steroid dienone is 6. The molecule has 8 aromatic rings. The van der Waals surface area contributed by atoms with Gasteiger partial charge >= 0.3 is 0 Å². The fourth-order valence-corrected chi connectivity index (χ4v) is 8.18. The summed E-state index contributed by atoms with van der Waals surface area (Å²) in [5.41, 5.74) is 11.4. The molecule has 0 saturated carbocycles. The van der Waals surface area contributed by atoms with E-state index in [2.05, 4.69) is 196 Å². The van der Waals surface area contributed by atoms with Gasteiger partial charge in [-0.3, -0.25) is 0 Å². The van der Waals surface area contributed by atoms with Crippen LogP contribution in [0.3, 0.4) is 0 Å². The third-order valence-corrected chi connectivity index (χ3v) is 11.4. The van der Waals surface area contributed by atoms with Crippen molar-refractivity contribution in [3.63, 3.8) is 0 Å². The minimum absolute atomic E-state index is 0.174. The van der Waals surface area contributed by atoms with Gasteiger partial charge in [0.25, 0.3) is 0 Å². The van der Waals surface area contributed by atoms with Crippen molar-refractivity contribution >= 4 is 42.9 Å². The minimum Gasteiger partial charge on any atom is -0.500 e. The molecule has 0 spiro atoms. The van der Waals surface area contributed by atoms with E-state index in [4.69, 9.17) is 4.74 Å². The number of para-hydroxylation sites is 1. The molecule has 7 aromatic carbocycles. The molecule has 0 aliphatic heterocycles. The van der Waals surface area contributed by atoms with Crippen LogP contribution in [0.5, 0.6) is 0 Å². The molecule has 59 heavy (non-hydrogen) atoms. The summed E-state index contributed by atoms with van der Waals surface area (Å²) in [4.78, 5) is 2.44. The Labute approximate surface area is 356 Å². The average Bonchev–Trinajstić information content (AvgIpc) is 3.67. The Morgan fingerprint density at radius 3 is 1.69 bits per heavy atom. The second-order valence-electron chi connectivity index (χ2n) is 14.6. The Hall–Kier alpha value is -6.42. The van der Waals surface area contributed by atoms with Gasteiger partial charge in [0.05, 0.1) is 12.8 Å². The Balaban J connectivity index is 0.000000198. The summed E-state index contributed by atoms with van der Waals surface area (Å²) in [5, 5.41) is 2.64. The van der Waals surface area contributed by atoms with Gasteiger partial charge < -0.3 is 9.64 Å². The van der Waals surface area contributed by atoms with Crippen molar-refractivity contribution < 1.29 is 4.74 Å². The molecule has 1 aromatic heterocycles. The van der Waals surface area contributed by atoms with E-state index in [0.29, 0.717) is 0 Å². The number of fused-ring (bicyclic) bond motifs is 3. The molecule has 1 aliphatic rings. The van der Waals surface area contributed by atoms with E-state index in [-0.39, 0.29) is 5.92 Å². The van der Waals surface area contributed by atoms with Crippen molar-refractivity contribution in [1.82, 2.24) is 0 Å². The number of methoxy groups -OCH3 is 1. The molecule has 3 heteroatoms. The zero-order chi connectivity index (χ0) is 41.4. The lowest BCUT2D eigenvalue weighted by Crippen LogP contribution is -2.21. The van der Waals surface area contributed by atoms with Gasteiger partial charge in [0, 0.05) is 43.9 Å². The maximum atomic E-state index is 5.83. The van der Waals surface area contributed by atoms with Crippen LogP contribution in [0.25, 0.3) is 31.3 Å². The number of hydrogen-bond acceptors (Lipinski definition) is 3. The Morgan fingerprint density at radius 1 is 0.542 bits per heavy atom. The number of aryl methyl sites for hydroxylation is 3. The number of nitrogens with zero attached hydrogens (tertiary/aromatic N) is 1. The van der Waals surface area contributed by atoms with Gasteiger partial charge in [-0.15, -0.1) is 11.3 Å². The number of rotatable bonds is 6. The highest BCUT2D eigenvalue weighted by Gasteiger charge is 2.27. The van der Waals surface area contributed by atoms with Crippen LogP contribution in [0.15, 0.2) is 218 Å². The average molecular weight is 790 g/mol. The first kappa shape index (κ1) is 42.2. The van der Waals surface area contributed by atoms with Gasteiger partial charge in [-0.2, -0.15) is 0 Å². The molecule has 1 atom stereocenters. The Kier molecular flexibility index (Phi) is 15.3. The van der Waals surface area contributed by atoms with Gasteiger partial charge in [0.2, 0.25) is 0 Å². The molecule has 0 saturated heterocycles. The van der Waals surface area contributed by atoms with E-state index in [1.54, 1.807) is 7.11 Å². The molecular formula is C56H55NOS. The second kappa shape index (κ2) is 21.4. The van der Waals surface area contributed by atoms with Crippen molar-refractivity contribution in [2.75, 3.05) is 12.0 Å². The lowest BCUT2D eigenvalue weighted by molar-refractivity contribution is 0.261. The first-order chi connectivity index (χ1) is 28.9. The lowest BCUT2D eigenvalue weighted by atomic mass is 9.88. The van der Waals surface area contributed by atoms with Crippen LogP contribution in [-0.2, 0) is 4.74 Å². The molecule has 1 heterocycles. The normalized spacial score (nSPS) is 13.2. The maximum Gasteiger partial charge on any atom is 0.103 e. The van der Waals surface area contributed by atoms with Crippen molar-refractivity contribution in [3.05, 3.63) is 240 Å². The van der Waals surface area contributed by atoms with Gasteiger partial charge in [0.1, 0.15) is 5.76 Å². The fourth-order valence-electron chi connectivity index (χ4n) is 7.07. The van der Waals surface area contributed by atoms with Crippen LogP contribution >= 0.6 is 11.3 Å². The topological polar surface area (TPSA) is 12.5 Å².